The van der Waals surface area contributed by atoms with E-state index < -0.39 is 9.84 Å². The molecule has 3 saturated heterocycles. The van der Waals surface area contributed by atoms with Crippen molar-refractivity contribution in [1.29, 1.82) is 0 Å². The summed E-state index contributed by atoms with van der Waals surface area (Å²) in [4.78, 5) is 17.0. The van der Waals surface area contributed by atoms with Crippen LogP contribution in [0.2, 0.25) is 0 Å². The van der Waals surface area contributed by atoms with E-state index in [4.69, 9.17) is 0 Å². The standard InChI is InChI=1S/C14H24N2O3S/c1-15-7-2-4-12(15)13-5-3-8-16(13)14(17)11-6-9-20(18,19)10-11/h11-13H,2-10H2,1H3/t11-,12+,13-/m0/s1. The smallest absolute Gasteiger partial charge is 0.227 e. The second-order valence-electron chi connectivity index (χ2n) is 6.53. The first-order valence-corrected chi connectivity index (χ1v) is 9.51. The Bertz CT molecular complexity index is 491. The summed E-state index contributed by atoms with van der Waals surface area (Å²) < 4.78 is 23.1. The van der Waals surface area contributed by atoms with Crippen LogP contribution in [0.3, 0.4) is 0 Å². The Morgan fingerprint density at radius 1 is 1.05 bits per heavy atom. The van der Waals surface area contributed by atoms with Crippen LogP contribution in [-0.4, -0.2) is 67.9 Å². The van der Waals surface area contributed by atoms with Gasteiger partial charge in [0, 0.05) is 18.6 Å². The van der Waals surface area contributed by atoms with Gasteiger partial charge in [0.25, 0.3) is 0 Å². The number of sulfone groups is 1. The first kappa shape index (κ1) is 14.3. The Balaban J connectivity index is 1.70. The lowest BCUT2D eigenvalue weighted by Crippen LogP contribution is -2.49. The Hall–Kier alpha value is -0.620. The minimum absolute atomic E-state index is 0.0650. The molecular weight excluding hydrogens is 276 g/mol. The zero-order valence-corrected chi connectivity index (χ0v) is 12.9. The Morgan fingerprint density at radius 3 is 2.35 bits per heavy atom. The average Bonchev–Trinajstić information content (AvgIpc) is 3.07. The molecule has 114 valence electrons. The third kappa shape index (κ3) is 2.60. The minimum atomic E-state index is -2.98. The van der Waals surface area contributed by atoms with Crippen molar-refractivity contribution in [1.82, 2.24) is 9.80 Å². The third-order valence-corrected chi connectivity index (χ3v) is 6.95. The maximum atomic E-state index is 12.7. The number of hydrogen-bond acceptors (Lipinski definition) is 4. The summed E-state index contributed by atoms with van der Waals surface area (Å²) in [6, 6.07) is 0.776. The lowest BCUT2D eigenvalue weighted by Gasteiger charge is -2.34. The molecule has 20 heavy (non-hydrogen) atoms. The van der Waals surface area contributed by atoms with Gasteiger partial charge in [-0.25, -0.2) is 8.42 Å². The van der Waals surface area contributed by atoms with Crippen molar-refractivity contribution in [3.05, 3.63) is 0 Å². The van der Waals surface area contributed by atoms with E-state index in [2.05, 4.69) is 11.9 Å². The molecular formula is C14H24N2O3S. The van der Waals surface area contributed by atoms with E-state index in [1.54, 1.807) is 0 Å². The van der Waals surface area contributed by atoms with Gasteiger partial charge in [-0.2, -0.15) is 0 Å². The zero-order valence-electron chi connectivity index (χ0n) is 12.1. The average molecular weight is 300 g/mol. The molecule has 1 amide bonds. The molecule has 0 aliphatic carbocycles. The van der Waals surface area contributed by atoms with Gasteiger partial charge >= 0.3 is 0 Å². The Morgan fingerprint density at radius 2 is 1.75 bits per heavy atom. The van der Waals surface area contributed by atoms with Crippen LogP contribution in [0, 0.1) is 5.92 Å². The molecule has 0 saturated carbocycles. The SMILES string of the molecule is CN1CCC[C@@H]1[C@@H]1CCCN1C(=O)[C@H]1CCS(=O)(=O)C1. The summed E-state index contributed by atoms with van der Waals surface area (Å²) in [7, 11) is -0.838. The van der Waals surface area contributed by atoms with Crippen molar-refractivity contribution in [2.24, 2.45) is 5.92 Å². The maximum Gasteiger partial charge on any atom is 0.227 e. The van der Waals surface area contributed by atoms with E-state index in [0.717, 1.165) is 32.4 Å². The summed E-state index contributed by atoms with van der Waals surface area (Å²) >= 11 is 0. The summed E-state index contributed by atoms with van der Waals surface area (Å²) in [6.07, 6.45) is 5.01. The van der Waals surface area contributed by atoms with Crippen LogP contribution in [0.15, 0.2) is 0 Å². The highest BCUT2D eigenvalue weighted by molar-refractivity contribution is 7.91. The molecule has 3 fully saturated rings. The van der Waals surface area contributed by atoms with Gasteiger partial charge in [0.2, 0.25) is 5.91 Å². The van der Waals surface area contributed by atoms with Gasteiger partial charge in [0.15, 0.2) is 9.84 Å². The highest BCUT2D eigenvalue weighted by atomic mass is 32.2. The fourth-order valence-electron chi connectivity index (χ4n) is 4.11. The molecule has 3 heterocycles. The van der Waals surface area contributed by atoms with Gasteiger partial charge < -0.3 is 9.80 Å². The second-order valence-corrected chi connectivity index (χ2v) is 8.76. The molecule has 0 N–H and O–H groups in total. The van der Waals surface area contributed by atoms with Crippen LogP contribution >= 0.6 is 0 Å². The predicted octanol–water partition coefficient (Wildman–Crippen LogP) is 0.506. The van der Waals surface area contributed by atoms with Crippen LogP contribution in [0.25, 0.3) is 0 Å². The molecule has 0 unspecified atom stereocenters. The number of rotatable bonds is 2. The summed E-state index contributed by atoms with van der Waals surface area (Å²) in [5.41, 5.74) is 0. The highest BCUT2D eigenvalue weighted by Gasteiger charge is 2.42. The van der Waals surface area contributed by atoms with Crippen LogP contribution in [0.4, 0.5) is 0 Å². The van der Waals surface area contributed by atoms with E-state index in [-0.39, 0.29) is 23.3 Å². The molecule has 0 spiro atoms. The van der Waals surface area contributed by atoms with E-state index in [9.17, 15) is 13.2 Å². The van der Waals surface area contributed by atoms with Crippen molar-refractivity contribution in [2.75, 3.05) is 31.6 Å². The van der Waals surface area contributed by atoms with Gasteiger partial charge in [-0.05, 0) is 45.7 Å². The van der Waals surface area contributed by atoms with Gasteiger partial charge in [-0.1, -0.05) is 0 Å². The first-order chi connectivity index (χ1) is 9.48. The van der Waals surface area contributed by atoms with Gasteiger partial charge in [0.1, 0.15) is 0 Å². The number of hydrogen-bond donors (Lipinski definition) is 0. The minimum Gasteiger partial charge on any atom is -0.338 e. The molecule has 0 radical (unpaired) electrons. The van der Waals surface area contributed by atoms with Crippen LogP contribution in [0.5, 0.6) is 0 Å². The van der Waals surface area contributed by atoms with E-state index in [0.29, 0.717) is 18.5 Å². The van der Waals surface area contributed by atoms with Gasteiger partial charge in [0.05, 0.1) is 17.4 Å². The van der Waals surface area contributed by atoms with Crippen molar-refractivity contribution < 1.29 is 13.2 Å². The van der Waals surface area contributed by atoms with E-state index in [1.165, 1.54) is 6.42 Å². The predicted molar refractivity (Wildman–Crippen MR) is 77.1 cm³/mol. The number of likely N-dealkylation sites (tertiary alicyclic amines) is 2. The van der Waals surface area contributed by atoms with Crippen LogP contribution in [0.1, 0.15) is 32.1 Å². The Kier molecular flexibility index (Phi) is 3.79. The van der Waals surface area contributed by atoms with Gasteiger partial charge in [-0.3, -0.25) is 4.79 Å². The molecule has 6 heteroatoms. The van der Waals surface area contributed by atoms with E-state index >= 15 is 0 Å². The number of amides is 1. The fourth-order valence-corrected chi connectivity index (χ4v) is 5.85. The van der Waals surface area contributed by atoms with Crippen molar-refractivity contribution >= 4 is 15.7 Å². The molecule has 3 rings (SSSR count). The lowest BCUT2D eigenvalue weighted by atomic mass is 10.0. The topological polar surface area (TPSA) is 57.7 Å². The first-order valence-electron chi connectivity index (χ1n) is 7.69. The molecule has 3 aliphatic rings. The summed E-state index contributed by atoms with van der Waals surface area (Å²) in [6.45, 7) is 1.92. The van der Waals surface area contributed by atoms with Crippen LogP contribution < -0.4 is 0 Å². The summed E-state index contributed by atoms with van der Waals surface area (Å²) in [5, 5.41) is 0. The highest BCUT2D eigenvalue weighted by Crippen LogP contribution is 2.31. The number of carbonyl (C=O) groups is 1. The number of carbonyl (C=O) groups excluding carboxylic acids is 1. The third-order valence-electron chi connectivity index (χ3n) is 5.19. The molecule has 0 aromatic heterocycles. The number of nitrogens with zero attached hydrogens (tertiary/aromatic N) is 2. The van der Waals surface area contributed by atoms with Crippen molar-refractivity contribution in [3.8, 4) is 0 Å². The zero-order chi connectivity index (χ0) is 14.3. The van der Waals surface area contributed by atoms with Crippen molar-refractivity contribution in [3.63, 3.8) is 0 Å². The molecule has 3 atom stereocenters. The summed E-state index contributed by atoms with van der Waals surface area (Å²) in [5.74, 6) is 0.0574. The monoisotopic (exact) mass is 300 g/mol. The molecule has 3 aliphatic heterocycles. The van der Waals surface area contributed by atoms with Crippen molar-refractivity contribution in [2.45, 2.75) is 44.2 Å². The molecule has 0 aromatic carbocycles. The largest absolute Gasteiger partial charge is 0.338 e. The molecule has 5 nitrogen and oxygen atoms in total. The van der Waals surface area contributed by atoms with Gasteiger partial charge in [-0.15, -0.1) is 0 Å². The lowest BCUT2D eigenvalue weighted by molar-refractivity contribution is -0.136. The number of likely N-dealkylation sites (N-methyl/N-ethyl adjacent to an activating group) is 1. The fraction of sp³-hybridized carbons (Fsp3) is 0.929. The normalized spacial score (nSPS) is 37.6. The van der Waals surface area contributed by atoms with Crippen LogP contribution in [-0.2, 0) is 14.6 Å². The quantitative estimate of drug-likeness (QED) is 0.745. The maximum absolute atomic E-state index is 12.7. The Labute approximate surface area is 121 Å². The second kappa shape index (κ2) is 5.30. The van der Waals surface area contributed by atoms with E-state index in [1.807, 2.05) is 4.90 Å². The molecule has 0 bridgehead atoms. The molecule has 0 aromatic rings.